The van der Waals surface area contributed by atoms with Gasteiger partial charge in [0.05, 0.1) is 5.41 Å². The molecule has 0 heterocycles. The van der Waals surface area contributed by atoms with E-state index in [1.807, 2.05) is 53.7 Å². The van der Waals surface area contributed by atoms with E-state index in [2.05, 4.69) is 0 Å². The van der Waals surface area contributed by atoms with Crippen LogP contribution in [0.1, 0.15) is 52.2 Å². The number of benzene rings is 1. The number of hydrogen-bond acceptors (Lipinski definition) is 3. The summed E-state index contributed by atoms with van der Waals surface area (Å²) in [5.74, 6) is 0.296. The first-order chi connectivity index (χ1) is 9.08. The number of carbonyl (C=O) groups excluding carboxylic acids is 2. The molecule has 0 fully saturated rings. The standard InChI is InChI=1S/C17H24O3/c1-12-11-13(20-15(19)16(2,3)4)7-8-14(12)17(5,6)9-10-18/h7-8,10-11H,9H2,1-6H3. The Bertz CT molecular complexity index is 507. The molecule has 0 aliphatic carbocycles. The van der Waals surface area contributed by atoms with Crippen LogP contribution in [0.3, 0.4) is 0 Å². The molecular weight excluding hydrogens is 252 g/mol. The van der Waals surface area contributed by atoms with E-state index in [0.717, 1.165) is 17.4 Å². The molecule has 0 unspecified atom stereocenters. The molecule has 20 heavy (non-hydrogen) atoms. The molecule has 110 valence electrons. The smallest absolute Gasteiger partial charge is 0.316 e. The average Bonchev–Trinajstić information content (AvgIpc) is 2.27. The Morgan fingerprint density at radius 1 is 1.20 bits per heavy atom. The number of aldehydes is 1. The lowest BCUT2D eigenvalue weighted by molar-refractivity contribution is -0.143. The van der Waals surface area contributed by atoms with E-state index >= 15 is 0 Å². The molecule has 0 saturated heterocycles. The van der Waals surface area contributed by atoms with E-state index in [-0.39, 0.29) is 11.4 Å². The van der Waals surface area contributed by atoms with Crippen molar-refractivity contribution in [1.29, 1.82) is 0 Å². The van der Waals surface area contributed by atoms with Gasteiger partial charge in [-0.05, 0) is 56.4 Å². The third-order valence-corrected chi connectivity index (χ3v) is 3.34. The van der Waals surface area contributed by atoms with Gasteiger partial charge in [0.15, 0.2) is 0 Å². The molecule has 0 aromatic heterocycles. The lowest BCUT2D eigenvalue weighted by atomic mass is 9.80. The maximum atomic E-state index is 11.9. The van der Waals surface area contributed by atoms with E-state index in [9.17, 15) is 9.59 Å². The SMILES string of the molecule is Cc1cc(OC(=O)C(C)(C)C)ccc1C(C)(C)CC=O. The highest BCUT2D eigenvalue weighted by molar-refractivity contribution is 5.77. The second kappa shape index (κ2) is 5.78. The summed E-state index contributed by atoms with van der Waals surface area (Å²) in [5.41, 5.74) is 1.39. The summed E-state index contributed by atoms with van der Waals surface area (Å²) in [6, 6.07) is 5.58. The molecule has 0 N–H and O–H groups in total. The highest BCUT2D eigenvalue weighted by Gasteiger charge is 2.25. The molecule has 0 amide bonds. The third-order valence-electron chi connectivity index (χ3n) is 3.34. The Labute approximate surface area is 121 Å². The minimum absolute atomic E-state index is 0.210. The van der Waals surface area contributed by atoms with Gasteiger partial charge < -0.3 is 9.53 Å². The highest BCUT2D eigenvalue weighted by Crippen LogP contribution is 2.31. The fourth-order valence-electron chi connectivity index (χ4n) is 2.04. The van der Waals surface area contributed by atoms with E-state index in [1.165, 1.54) is 0 Å². The van der Waals surface area contributed by atoms with Crippen molar-refractivity contribution in [3.63, 3.8) is 0 Å². The van der Waals surface area contributed by atoms with Crippen molar-refractivity contribution < 1.29 is 14.3 Å². The second-order valence-corrected chi connectivity index (χ2v) is 6.87. The van der Waals surface area contributed by atoms with Crippen LogP contribution in [-0.2, 0) is 15.0 Å². The number of esters is 1. The van der Waals surface area contributed by atoms with Crippen LogP contribution in [-0.4, -0.2) is 12.3 Å². The van der Waals surface area contributed by atoms with Crippen molar-refractivity contribution in [3.05, 3.63) is 29.3 Å². The Balaban J connectivity index is 3.00. The minimum atomic E-state index is -0.524. The molecule has 1 aromatic rings. The predicted molar refractivity (Wildman–Crippen MR) is 80.0 cm³/mol. The summed E-state index contributed by atoms with van der Waals surface area (Å²) in [6.07, 6.45) is 1.40. The molecule has 1 aromatic carbocycles. The fraction of sp³-hybridized carbons (Fsp3) is 0.529. The van der Waals surface area contributed by atoms with Gasteiger partial charge in [-0.1, -0.05) is 19.9 Å². The molecule has 3 nitrogen and oxygen atoms in total. The van der Waals surface area contributed by atoms with Gasteiger partial charge in [-0.15, -0.1) is 0 Å². The van der Waals surface area contributed by atoms with Crippen LogP contribution in [0.25, 0.3) is 0 Å². The summed E-state index contributed by atoms with van der Waals surface area (Å²) in [6.45, 7) is 11.5. The number of rotatable bonds is 4. The molecule has 1 rings (SSSR count). The average molecular weight is 276 g/mol. The molecule has 0 bridgehead atoms. The first-order valence-corrected chi connectivity index (χ1v) is 6.85. The Hall–Kier alpha value is -1.64. The summed E-state index contributed by atoms with van der Waals surface area (Å²) in [7, 11) is 0. The van der Waals surface area contributed by atoms with E-state index in [0.29, 0.717) is 12.2 Å². The van der Waals surface area contributed by atoms with Gasteiger partial charge in [0.1, 0.15) is 12.0 Å². The monoisotopic (exact) mass is 276 g/mol. The van der Waals surface area contributed by atoms with Gasteiger partial charge in [-0.3, -0.25) is 4.79 Å². The zero-order valence-corrected chi connectivity index (χ0v) is 13.2. The van der Waals surface area contributed by atoms with Gasteiger partial charge >= 0.3 is 5.97 Å². The maximum absolute atomic E-state index is 11.9. The Morgan fingerprint density at radius 2 is 1.80 bits per heavy atom. The summed E-state index contributed by atoms with van der Waals surface area (Å²) in [5, 5.41) is 0. The summed E-state index contributed by atoms with van der Waals surface area (Å²) < 4.78 is 5.38. The zero-order chi connectivity index (χ0) is 15.6. The maximum Gasteiger partial charge on any atom is 0.316 e. The molecule has 0 aliphatic heterocycles. The van der Waals surface area contributed by atoms with E-state index in [1.54, 1.807) is 6.07 Å². The number of carbonyl (C=O) groups is 2. The van der Waals surface area contributed by atoms with E-state index in [4.69, 9.17) is 4.74 Å². The molecule has 0 atom stereocenters. The molecule has 0 saturated carbocycles. The topological polar surface area (TPSA) is 43.4 Å². The lowest BCUT2D eigenvalue weighted by Gasteiger charge is -2.25. The van der Waals surface area contributed by atoms with Crippen molar-refractivity contribution in [2.75, 3.05) is 0 Å². The third kappa shape index (κ3) is 3.92. The van der Waals surface area contributed by atoms with Crippen molar-refractivity contribution in [1.82, 2.24) is 0 Å². The van der Waals surface area contributed by atoms with Gasteiger partial charge in [0.25, 0.3) is 0 Å². The predicted octanol–water partition coefficient (Wildman–Crippen LogP) is 3.81. The van der Waals surface area contributed by atoms with Crippen molar-refractivity contribution in [2.24, 2.45) is 5.41 Å². The van der Waals surface area contributed by atoms with Crippen molar-refractivity contribution in [2.45, 2.75) is 53.4 Å². The van der Waals surface area contributed by atoms with Gasteiger partial charge in [-0.25, -0.2) is 0 Å². The summed E-state index contributed by atoms with van der Waals surface area (Å²) >= 11 is 0. The fourth-order valence-corrected chi connectivity index (χ4v) is 2.04. The van der Waals surface area contributed by atoms with Gasteiger partial charge in [0, 0.05) is 6.42 Å². The first-order valence-electron chi connectivity index (χ1n) is 6.85. The van der Waals surface area contributed by atoms with Crippen LogP contribution in [0.2, 0.25) is 0 Å². The summed E-state index contributed by atoms with van der Waals surface area (Å²) in [4.78, 5) is 22.6. The molecular formula is C17H24O3. The Morgan fingerprint density at radius 3 is 2.25 bits per heavy atom. The van der Waals surface area contributed by atoms with Crippen LogP contribution in [0.15, 0.2) is 18.2 Å². The molecule has 3 heteroatoms. The zero-order valence-electron chi connectivity index (χ0n) is 13.2. The number of hydrogen-bond donors (Lipinski definition) is 0. The molecule has 0 aliphatic rings. The minimum Gasteiger partial charge on any atom is -0.426 e. The van der Waals surface area contributed by atoms with Crippen LogP contribution >= 0.6 is 0 Å². The van der Waals surface area contributed by atoms with Crippen LogP contribution in [0.5, 0.6) is 5.75 Å². The van der Waals surface area contributed by atoms with Crippen LogP contribution < -0.4 is 4.74 Å². The first kappa shape index (κ1) is 16.4. The van der Waals surface area contributed by atoms with Gasteiger partial charge in [0.2, 0.25) is 0 Å². The normalized spacial score (nSPS) is 12.1. The molecule has 0 spiro atoms. The Kier molecular flexibility index (Phi) is 4.74. The number of ether oxygens (including phenoxy) is 1. The molecule has 0 radical (unpaired) electrons. The van der Waals surface area contributed by atoms with E-state index < -0.39 is 5.41 Å². The van der Waals surface area contributed by atoms with Crippen molar-refractivity contribution >= 4 is 12.3 Å². The van der Waals surface area contributed by atoms with Crippen LogP contribution in [0, 0.1) is 12.3 Å². The second-order valence-electron chi connectivity index (χ2n) is 6.87. The van der Waals surface area contributed by atoms with Crippen molar-refractivity contribution in [3.8, 4) is 5.75 Å². The van der Waals surface area contributed by atoms with Gasteiger partial charge in [-0.2, -0.15) is 0 Å². The highest BCUT2D eigenvalue weighted by atomic mass is 16.5. The van der Waals surface area contributed by atoms with Crippen LogP contribution in [0.4, 0.5) is 0 Å². The number of aryl methyl sites for hydroxylation is 1. The lowest BCUT2D eigenvalue weighted by Crippen LogP contribution is -2.25. The largest absolute Gasteiger partial charge is 0.426 e. The quantitative estimate of drug-likeness (QED) is 0.477.